The Morgan fingerprint density at radius 2 is 1.97 bits per heavy atom. The number of para-hydroxylation sites is 1. The highest BCUT2D eigenvalue weighted by atomic mass is 19.4. The van der Waals surface area contributed by atoms with E-state index in [4.69, 9.17) is 4.74 Å². The number of hydrogen-bond donors (Lipinski definition) is 1. The molecule has 3 aromatic rings. The fourth-order valence-corrected chi connectivity index (χ4v) is 3.34. The van der Waals surface area contributed by atoms with E-state index in [-0.39, 0.29) is 11.7 Å². The minimum Gasteiger partial charge on any atom is -0.493 e. The number of halogens is 3. The first-order valence-corrected chi connectivity index (χ1v) is 9.11. The minimum atomic E-state index is -4.45. The third-order valence-corrected chi connectivity index (χ3v) is 4.70. The Balaban J connectivity index is 1.65. The molecule has 1 amide bonds. The predicted octanol–water partition coefficient (Wildman–Crippen LogP) is 5.45. The van der Waals surface area contributed by atoms with Crippen molar-refractivity contribution in [3.8, 4) is 5.75 Å². The summed E-state index contributed by atoms with van der Waals surface area (Å²) >= 11 is 0. The fourth-order valence-electron chi connectivity index (χ4n) is 3.34. The van der Waals surface area contributed by atoms with Crippen molar-refractivity contribution in [3.05, 3.63) is 71.9 Å². The second kappa shape index (κ2) is 7.58. The highest BCUT2D eigenvalue weighted by Gasteiger charge is 2.32. The largest absolute Gasteiger partial charge is 0.493 e. The van der Waals surface area contributed by atoms with Crippen LogP contribution in [0, 0.1) is 0 Å². The number of carbonyl (C=O) groups is 1. The van der Waals surface area contributed by atoms with Gasteiger partial charge in [0.25, 0.3) is 0 Å². The highest BCUT2D eigenvalue weighted by molar-refractivity contribution is 6.08. The van der Waals surface area contributed by atoms with E-state index in [2.05, 4.69) is 10.3 Å². The van der Waals surface area contributed by atoms with Crippen molar-refractivity contribution in [3.63, 3.8) is 0 Å². The second-order valence-electron chi connectivity index (χ2n) is 6.70. The molecule has 4 nitrogen and oxygen atoms in total. The molecule has 0 fully saturated rings. The van der Waals surface area contributed by atoms with Crippen LogP contribution >= 0.6 is 0 Å². The molecule has 2 aromatic carbocycles. The SMILES string of the molecule is O=C(/C=C1\CCCOc2cc(C(F)(F)F)ccc21)Nc1cccc2cccnc12. The van der Waals surface area contributed by atoms with Crippen LogP contribution in [0.3, 0.4) is 0 Å². The quantitative estimate of drug-likeness (QED) is 0.584. The molecule has 0 radical (unpaired) electrons. The van der Waals surface area contributed by atoms with Gasteiger partial charge in [0.1, 0.15) is 5.75 Å². The third-order valence-electron chi connectivity index (χ3n) is 4.70. The first kappa shape index (κ1) is 19.0. The van der Waals surface area contributed by atoms with Gasteiger partial charge in [0.2, 0.25) is 5.91 Å². The lowest BCUT2D eigenvalue weighted by molar-refractivity contribution is -0.137. The molecule has 0 unspecified atom stereocenters. The molecule has 1 aliphatic heterocycles. The number of fused-ring (bicyclic) bond motifs is 2. The standard InChI is InChI=1S/C22H17F3N2O2/c23-22(24,25)16-8-9-17-15(6-3-11-29-19(17)13-16)12-20(28)27-18-7-1-4-14-5-2-10-26-21(14)18/h1-2,4-5,7-10,12-13H,3,6,11H2,(H,27,28)/b15-12+. The summed E-state index contributed by atoms with van der Waals surface area (Å²) in [6, 6.07) is 12.5. The van der Waals surface area contributed by atoms with E-state index < -0.39 is 11.7 Å². The first-order valence-electron chi connectivity index (χ1n) is 9.11. The Hall–Kier alpha value is -3.35. The van der Waals surface area contributed by atoms with Gasteiger partial charge in [0, 0.05) is 23.2 Å². The van der Waals surface area contributed by atoms with Crippen LogP contribution in [0.1, 0.15) is 24.0 Å². The van der Waals surface area contributed by atoms with E-state index in [1.807, 2.05) is 24.3 Å². The van der Waals surface area contributed by atoms with Gasteiger partial charge in [-0.15, -0.1) is 0 Å². The molecule has 1 aliphatic rings. The molecule has 1 N–H and O–H groups in total. The number of aromatic nitrogens is 1. The lowest BCUT2D eigenvalue weighted by Crippen LogP contribution is -2.10. The number of nitrogens with zero attached hydrogens (tertiary/aromatic N) is 1. The molecule has 1 aromatic heterocycles. The number of pyridine rings is 1. The van der Waals surface area contributed by atoms with E-state index in [0.29, 0.717) is 41.8 Å². The number of ether oxygens (including phenoxy) is 1. The number of amides is 1. The summed E-state index contributed by atoms with van der Waals surface area (Å²) in [5.74, 6) is -0.228. The van der Waals surface area contributed by atoms with Crippen molar-refractivity contribution in [1.29, 1.82) is 0 Å². The molecule has 4 rings (SSSR count). The van der Waals surface area contributed by atoms with Crippen molar-refractivity contribution < 1.29 is 22.7 Å². The Kier molecular flexibility index (Phi) is 4.96. The zero-order valence-electron chi connectivity index (χ0n) is 15.3. The smallest absolute Gasteiger partial charge is 0.416 e. The van der Waals surface area contributed by atoms with Gasteiger partial charge >= 0.3 is 6.18 Å². The monoisotopic (exact) mass is 398 g/mol. The molecule has 0 atom stereocenters. The summed E-state index contributed by atoms with van der Waals surface area (Å²) < 4.78 is 44.5. The Morgan fingerprint density at radius 1 is 1.14 bits per heavy atom. The van der Waals surface area contributed by atoms with Crippen molar-refractivity contribution in [2.45, 2.75) is 19.0 Å². The second-order valence-corrected chi connectivity index (χ2v) is 6.70. The van der Waals surface area contributed by atoms with Crippen molar-refractivity contribution >= 4 is 28.1 Å². The molecule has 7 heteroatoms. The summed E-state index contributed by atoms with van der Waals surface area (Å²) in [6.07, 6.45) is -0.256. The number of hydrogen-bond acceptors (Lipinski definition) is 3. The molecule has 0 saturated carbocycles. The molecule has 148 valence electrons. The maximum atomic E-state index is 13.0. The summed E-state index contributed by atoms with van der Waals surface area (Å²) in [6.45, 7) is 0.292. The van der Waals surface area contributed by atoms with Gasteiger partial charge in [0.05, 0.1) is 23.4 Å². The van der Waals surface area contributed by atoms with Crippen molar-refractivity contribution in [2.24, 2.45) is 0 Å². The maximum absolute atomic E-state index is 13.0. The van der Waals surface area contributed by atoms with Crippen LogP contribution < -0.4 is 10.1 Å². The van der Waals surface area contributed by atoms with Crippen LogP contribution in [0.2, 0.25) is 0 Å². The van der Waals surface area contributed by atoms with Gasteiger partial charge in [-0.05, 0) is 42.7 Å². The van der Waals surface area contributed by atoms with Crippen LogP contribution in [0.5, 0.6) is 5.75 Å². The van der Waals surface area contributed by atoms with Gasteiger partial charge in [-0.25, -0.2) is 0 Å². The normalized spacial score (nSPS) is 15.5. The molecular formula is C22H17F3N2O2. The number of rotatable bonds is 2. The van der Waals surface area contributed by atoms with E-state index in [0.717, 1.165) is 17.5 Å². The minimum absolute atomic E-state index is 0.142. The predicted molar refractivity (Wildman–Crippen MR) is 105 cm³/mol. The van der Waals surface area contributed by atoms with E-state index in [1.54, 1.807) is 12.3 Å². The van der Waals surface area contributed by atoms with Crippen LogP contribution in [-0.2, 0) is 11.0 Å². The van der Waals surface area contributed by atoms with Crippen molar-refractivity contribution in [1.82, 2.24) is 4.98 Å². The van der Waals surface area contributed by atoms with E-state index in [9.17, 15) is 18.0 Å². The number of anilines is 1. The Bertz CT molecular complexity index is 1100. The van der Waals surface area contributed by atoms with Gasteiger partial charge < -0.3 is 10.1 Å². The van der Waals surface area contributed by atoms with Crippen LogP contribution in [0.25, 0.3) is 16.5 Å². The number of allylic oxidation sites excluding steroid dienone is 1. The number of alkyl halides is 3. The fraction of sp³-hybridized carbons (Fsp3) is 0.182. The average molecular weight is 398 g/mol. The molecule has 0 spiro atoms. The van der Waals surface area contributed by atoms with Crippen LogP contribution in [0.15, 0.2) is 60.8 Å². The molecular weight excluding hydrogens is 381 g/mol. The number of benzene rings is 2. The molecule has 2 heterocycles. The van der Waals surface area contributed by atoms with Crippen LogP contribution in [-0.4, -0.2) is 17.5 Å². The Labute approximate surface area is 165 Å². The molecule has 0 bridgehead atoms. The third kappa shape index (κ3) is 4.08. The molecule has 0 aliphatic carbocycles. The lowest BCUT2D eigenvalue weighted by Gasteiger charge is -2.13. The topological polar surface area (TPSA) is 51.2 Å². The van der Waals surface area contributed by atoms with E-state index >= 15 is 0 Å². The lowest BCUT2D eigenvalue weighted by atomic mass is 9.99. The van der Waals surface area contributed by atoms with Gasteiger partial charge in [0.15, 0.2) is 0 Å². The zero-order valence-corrected chi connectivity index (χ0v) is 15.3. The summed E-state index contributed by atoms with van der Waals surface area (Å²) in [4.78, 5) is 16.9. The van der Waals surface area contributed by atoms with Gasteiger partial charge in [-0.3, -0.25) is 9.78 Å². The first-order chi connectivity index (χ1) is 13.9. The van der Waals surface area contributed by atoms with Gasteiger partial charge in [-0.1, -0.05) is 24.3 Å². The van der Waals surface area contributed by atoms with E-state index in [1.165, 1.54) is 12.1 Å². The molecule has 0 saturated heterocycles. The molecule has 29 heavy (non-hydrogen) atoms. The maximum Gasteiger partial charge on any atom is 0.416 e. The summed E-state index contributed by atoms with van der Waals surface area (Å²) in [5, 5.41) is 3.71. The average Bonchev–Trinajstić information content (AvgIpc) is 2.89. The summed E-state index contributed by atoms with van der Waals surface area (Å²) in [5.41, 5.74) is 1.60. The number of carbonyl (C=O) groups excluding carboxylic acids is 1. The number of nitrogens with one attached hydrogen (secondary N) is 1. The zero-order chi connectivity index (χ0) is 20.4. The summed E-state index contributed by atoms with van der Waals surface area (Å²) in [7, 11) is 0. The van der Waals surface area contributed by atoms with Gasteiger partial charge in [-0.2, -0.15) is 13.2 Å². The highest BCUT2D eigenvalue weighted by Crippen LogP contribution is 2.38. The van der Waals surface area contributed by atoms with Crippen molar-refractivity contribution in [2.75, 3.05) is 11.9 Å². The Morgan fingerprint density at radius 3 is 2.79 bits per heavy atom. The van der Waals surface area contributed by atoms with Crippen LogP contribution in [0.4, 0.5) is 18.9 Å².